The van der Waals surface area contributed by atoms with E-state index in [2.05, 4.69) is 43.2 Å². The maximum absolute atomic E-state index is 6.30. The third-order valence-electron chi connectivity index (χ3n) is 3.64. The molecule has 2 N–H and O–H groups in total. The molecular formula is C15H24N2O. The van der Waals surface area contributed by atoms with Crippen molar-refractivity contribution in [3.05, 3.63) is 35.4 Å². The lowest BCUT2D eigenvalue weighted by molar-refractivity contribution is -0.212. The second-order valence-electron chi connectivity index (χ2n) is 5.11. The van der Waals surface area contributed by atoms with Gasteiger partial charge in [-0.1, -0.05) is 36.8 Å². The maximum Gasteiger partial charge on any atom is 0.0752 e. The van der Waals surface area contributed by atoms with Gasteiger partial charge in [-0.3, -0.25) is 4.84 Å². The van der Waals surface area contributed by atoms with Crippen LogP contribution in [0.15, 0.2) is 24.3 Å². The summed E-state index contributed by atoms with van der Waals surface area (Å²) >= 11 is 0. The summed E-state index contributed by atoms with van der Waals surface area (Å²) in [7, 11) is 0. The van der Waals surface area contributed by atoms with Crippen molar-refractivity contribution in [2.24, 2.45) is 5.73 Å². The van der Waals surface area contributed by atoms with Gasteiger partial charge in [0.25, 0.3) is 0 Å². The summed E-state index contributed by atoms with van der Waals surface area (Å²) < 4.78 is 0. The summed E-state index contributed by atoms with van der Waals surface area (Å²) in [4.78, 5) is 5.80. The Morgan fingerprint density at radius 2 is 2.00 bits per heavy atom. The second kappa shape index (κ2) is 6.32. The number of nitrogens with two attached hydrogens (primary N) is 1. The van der Waals surface area contributed by atoms with Crippen LogP contribution in [0.2, 0.25) is 0 Å². The zero-order valence-corrected chi connectivity index (χ0v) is 11.4. The number of hydrogen-bond donors (Lipinski definition) is 1. The molecule has 1 aliphatic rings. The van der Waals surface area contributed by atoms with E-state index < -0.39 is 0 Å². The fraction of sp³-hybridized carbons (Fsp3) is 0.600. The first kappa shape index (κ1) is 13.5. The van der Waals surface area contributed by atoms with E-state index >= 15 is 0 Å². The molecular weight excluding hydrogens is 224 g/mol. The van der Waals surface area contributed by atoms with Crippen molar-refractivity contribution >= 4 is 0 Å². The normalized spacial score (nSPS) is 20.6. The van der Waals surface area contributed by atoms with Gasteiger partial charge >= 0.3 is 0 Å². The minimum Gasteiger partial charge on any atom is -0.326 e. The lowest BCUT2D eigenvalue weighted by Gasteiger charge is -2.37. The first-order chi connectivity index (χ1) is 8.72. The summed E-state index contributed by atoms with van der Waals surface area (Å²) in [5, 5.41) is 2.09. The van der Waals surface area contributed by atoms with E-state index in [0.29, 0.717) is 0 Å². The number of rotatable bonds is 4. The molecule has 0 amide bonds. The third-order valence-corrected chi connectivity index (χ3v) is 3.64. The second-order valence-corrected chi connectivity index (χ2v) is 5.11. The highest BCUT2D eigenvalue weighted by Gasteiger charge is 2.27. The van der Waals surface area contributed by atoms with Crippen molar-refractivity contribution in [2.45, 2.75) is 45.2 Å². The zero-order chi connectivity index (χ0) is 13.0. The Morgan fingerprint density at radius 1 is 1.28 bits per heavy atom. The average molecular weight is 248 g/mol. The van der Waals surface area contributed by atoms with Crippen molar-refractivity contribution < 1.29 is 4.84 Å². The van der Waals surface area contributed by atoms with Gasteiger partial charge in [0.15, 0.2) is 0 Å². The van der Waals surface area contributed by atoms with Crippen LogP contribution >= 0.6 is 0 Å². The molecule has 0 saturated carbocycles. The van der Waals surface area contributed by atoms with Crippen molar-refractivity contribution in [1.29, 1.82) is 0 Å². The van der Waals surface area contributed by atoms with Crippen LogP contribution in [-0.2, 0) is 4.84 Å². The molecule has 2 rings (SSSR count). The van der Waals surface area contributed by atoms with Gasteiger partial charge in [0.1, 0.15) is 0 Å². The monoisotopic (exact) mass is 248 g/mol. The molecule has 3 nitrogen and oxygen atoms in total. The molecule has 0 aliphatic carbocycles. The van der Waals surface area contributed by atoms with E-state index in [1.165, 1.54) is 17.5 Å². The van der Waals surface area contributed by atoms with E-state index in [4.69, 9.17) is 10.6 Å². The van der Waals surface area contributed by atoms with Crippen molar-refractivity contribution in [3.63, 3.8) is 0 Å². The van der Waals surface area contributed by atoms with Gasteiger partial charge in [-0.2, -0.15) is 5.06 Å². The predicted octanol–water partition coefficient (Wildman–Crippen LogP) is 2.80. The topological polar surface area (TPSA) is 38.5 Å². The highest BCUT2D eigenvalue weighted by molar-refractivity contribution is 5.25. The number of hydroxylamine groups is 2. The first-order valence-corrected chi connectivity index (χ1v) is 6.94. The third kappa shape index (κ3) is 3.10. The quantitative estimate of drug-likeness (QED) is 0.890. The van der Waals surface area contributed by atoms with Crippen LogP contribution < -0.4 is 5.73 Å². The predicted molar refractivity (Wildman–Crippen MR) is 74.1 cm³/mol. The zero-order valence-electron chi connectivity index (χ0n) is 11.4. The molecule has 1 aliphatic heterocycles. The lowest BCUT2D eigenvalue weighted by Crippen LogP contribution is -2.43. The van der Waals surface area contributed by atoms with Gasteiger partial charge in [-0.25, -0.2) is 0 Å². The van der Waals surface area contributed by atoms with Crippen LogP contribution in [0.5, 0.6) is 0 Å². The minimum atomic E-state index is 0.116. The Kier molecular flexibility index (Phi) is 4.75. The summed E-state index contributed by atoms with van der Waals surface area (Å²) in [5.74, 6) is 0. The molecule has 1 fully saturated rings. The summed E-state index contributed by atoms with van der Waals surface area (Å²) in [6, 6.07) is 8.94. The minimum absolute atomic E-state index is 0.116. The lowest BCUT2D eigenvalue weighted by atomic mass is 9.96. The molecule has 2 unspecified atom stereocenters. The smallest absolute Gasteiger partial charge is 0.0752 e. The molecule has 0 radical (unpaired) electrons. The Labute approximate surface area is 110 Å². The van der Waals surface area contributed by atoms with Gasteiger partial charge < -0.3 is 5.73 Å². The molecule has 1 aromatic rings. The van der Waals surface area contributed by atoms with E-state index in [1.54, 1.807) is 0 Å². The van der Waals surface area contributed by atoms with Gasteiger partial charge in [0.05, 0.1) is 12.6 Å². The summed E-state index contributed by atoms with van der Waals surface area (Å²) in [5.41, 5.74) is 8.84. The number of nitrogens with zero attached hydrogens (tertiary/aromatic N) is 1. The number of benzene rings is 1. The van der Waals surface area contributed by atoms with Gasteiger partial charge in [-0.05, 0) is 31.7 Å². The van der Waals surface area contributed by atoms with Gasteiger partial charge in [0, 0.05) is 12.6 Å². The number of aryl methyl sites for hydroxylation is 1. The van der Waals surface area contributed by atoms with Crippen LogP contribution in [0.25, 0.3) is 0 Å². The molecule has 0 spiro atoms. The summed E-state index contributed by atoms with van der Waals surface area (Å²) in [6.45, 7) is 6.04. The Bertz CT molecular complexity index is 357. The van der Waals surface area contributed by atoms with E-state index in [9.17, 15) is 0 Å². The highest BCUT2D eigenvalue weighted by Crippen LogP contribution is 2.27. The molecule has 1 saturated heterocycles. The van der Waals surface area contributed by atoms with Crippen LogP contribution in [0.4, 0.5) is 0 Å². The van der Waals surface area contributed by atoms with Crippen LogP contribution in [0, 0.1) is 6.92 Å². The van der Waals surface area contributed by atoms with Gasteiger partial charge in [-0.15, -0.1) is 0 Å². The molecule has 1 heterocycles. The SMILES string of the molecule is CCC(N)C(c1ccc(C)cc1)N1CCCCO1. The Balaban J connectivity index is 2.20. The molecule has 0 aromatic heterocycles. The molecule has 0 bridgehead atoms. The summed E-state index contributed by atoms with van der Waals surface area (Å²) in [6.07, 6.45) is 3.30. The molecule has 1 aromatic carbocycles. The van der Waals surface area contributed by atoms with Crippen LogP contribution in [0.1, 0.15) is 43.4 Å². The van der Waals surface area contributed by atoms with E-state index in [-0.39, 0.29) is 12.1 Å². The Hall–Kier alpha value is -0.900. The first-order valence-electron chi connectivity index (χ1n) is 6.94. The molecule has 18 heavy (non-hydrogen) atoms. The van der Waals surface area contributed by atoms with Crippen molar-refractivity contribution in [2.75, 3.05) is 13.2 Å². The number of hydrogen-bond acceptors (Lipinski definition) is 3. The average Bonchev–Trinajstić information content (AvgIpc) is 2.42. The molecule has 2 atom stereocenters. The van der Waals surface area contributed by atoms with Crippen LogP contribution in [-0.4, -0.2) is 24.3 Å². The highest BCUT2D eigenvalue weighted by atomic mass is 16.7. The largest absolute Gasteiger partial charge is 0.326 e. The van der Waals surface area contributed by atoms with Crippen molar-refractivity contribution in [3.8, 4) is 0 Å². The molecule has 100 valence electrons. The van der Waals surface area contributed by atoms with E-state index in [1.807, 2.05) is 0 Å². The molecule has 3 heteroatoms. The maximum atomic E-state index is 6.30. The fourth-order valence-electron chi connectivity index (χ4n) is 2.45. The van der Waals surface area contributed by atoms with Gasteiger partial charge in [0.2, 0.25) is 0 Å². The van der Waals surface area contributed by atoms with Crippen molar-refractivity contribution in [1.82, 2.24) is 5.06 Å². The Morgan fingerprint density at radius 3 is 2.56 bits per heavy atom. The standard InChI is InChI=1S/C15H24N2O/c1-3-14(16)15(17-10-4-5-11-18-17)13-8-6-12(2)7-9-13/h6-9,14-15H,3-5,10-11,16H2,1-2H3. The van der Waals surface area contributed by atoms with Crippen LogP contribution in [0.3, 0.4) is 0 Å². The fourth-order valence-corrected chi connectivity index (χ4v) is 2.45. The van der Waals surface area contributed by atoms with E-state index in [0.717, 1.165) is 26.0 Å².